The van der Waals surface area contributed by atoms with E-state index < -0.39 is 11.6 Å². The van der Waals surface area contributed by atoms with E-state index in [1.54, 1.807) is 24.3 Å². The third kappa shape index (κ3) is 4.71. The summed E-state index contributed by atoms with van der Waals surface area (Å²) in [4.78, 5) is 24.8. The Bertz CT molecular complexity index is 705. The maximum atomic E-state index is 14.9. The first-order valence-electron chi connectivity index (χ1n) is 9.27. The highest BCUT2D eigenvalue weighted by Gasteiger charge is 2.47. The molecule has 0 heterocycles. The van der Waals surface area contributed by atoms with E-state index in [-0.39, 0.29) is 43.5 Å². The van der Waals surface area contributed by atoms with Crippen molar-refractivity contribution in [2.75, 3.05) is 13.1 Å². The third-order valence-electron chi connectivity index (χ3n) is 5.53. The Morgan fingerprint density at radius 1 is 1.30 bits per heavy atom. The summed E-state index contributed by atoms with van der Waals surface area (Å²) in [6, 6.07) is 6.49. The first kappa shape index (κ1) is 19.9. The molecule has 0 radical (unpaired) electrons. The second-order valence-electron chi connectivity index (χ2n) is 7.48. The smallest absolute Gasteiger partial charge is 0.317 e. The van der Waals surface area contributed by atoms with Crippen LogP contribution < -0.4 is 10.6 Å². The van der Waals surface area contributed by atoms with Gasteiger partial charge in [0.15, 0.2) is 0 Å². The van der Waals surface area contributed by atoms with Gasteiger partial charge in [0.25, 0.3) is 0 Å². The number of carbonyl (C=O) groups excluding carboxylic acids is 1. The molecule has 2 aliphatic carbocycles. The van der Waals surface area contributed by atoms with Crippen LogP contribution in [-0.2, 0) is 10.5 Å². The molecule has 3 N–H and O–H groups in total. The van der Waals surface area contributed by atoms with Crippen molar-refractivity contribution in [2.24, 2.45) is 0 Å². The lowest BCUT2D eigenvalue weighted by Gasteiger charge is -2.44. The minimum atomic E-state index is -1.44. The molecule has 0 atom stereocenters. The summed E-state index contributed by atoms with van der Waals surface area (Å²) in [5.74, 6) is -0.842. The van der Waals surface area contributed by atoms with Gasteiger partial charge in [-0.1, -0.05) is 30.7 Å². The van der Waals surface area contributed by atoms with Crippen molar-refractivity contribution < 1.29 is 19.1 Å². The van der Waals surface area contributed by atoms with Crippen LogP contribution in [0.15, 0.2) is 24.3 Å². The van der Waals surface area contributed by atoms with Gasteiger partial charge < -0.3 is 15.7 Å². The lowest BCUT2D eigenvalue weighted by atomic mass is 9.73. The van der Waals surface area contributed by atoms with E-state index in [2.05, 4.69) is 10.6 Å². The Morgan fingerprint density at radius 3 is 2.56 bits per heavy atom. The zero-order chi connectivity index (χ0) is 19.6. The summed E-state index contributed by atoms with van der Waals surface area (Å²) < 4.78 is 14.9. The molecule has 2 saturated carbocycles. The molecule has 0 bridgehead atoms. The Balaban J connectivity index is 1.39. The lowest BCUT2D eigenvalue weighted by Crippen LogP contribution is -2.59. The van der Waals surface area contributed by atoms with Crippen molar-refractivity contribution in [3.8, 4) is 0 Å². The third-order valence-corrected chi connectivity index (χ3v) is 5.76. The Morgan fingerprint density at radius 2 is 1.96 bits per heavy atom. The van der Waals surface area contributed by atoms with Crippen LogP contribution in [0, 0.1) is 0 Å². The molecule has 6 nitrogen and oxygen atoms in total. The number of amides is 2. The summed E-state index contributed by atoms with van der Waals surface area (Å²) in [5.41, 5.74) is -0.892. The van der Waals surface area contributed by atoms with E-state index in [9.17, 15) is 14.0 Å². The number of rotatable bonds is 7. The van der Waals surface area contributed by atoms with Crippen LogP contribution >= 0.6 is 11.6 Å². The molecule has 3 rings (SSSR count). The van der Waals surface area contributed by atoms with E-state index in [4.69, 9.17) is 16.7 Å². The molecule has 0 unspecified atom stereocenters. The monoisotopic (exact) mass is 397 g/mol. The van der Waals surface area contributed by atoms with Gasteiger partial charge in [0.1, 0.15) is 5.67 Å². The molecule has 8 heteroatoms. The molecule has 1 aromatic carbocycles. The topological polar surface area (TPSA) is 81.7 Å². The zero-order valence-electron chi connectivity index (χ0n) is 15.3. The van der Waals surface area contributed by atoms with Crippen LogP contribution in [0.25, 0.3) is 0 Å². The minimum absolute atomic E-state index is 0.0181. The molecule has 0 aromatic heterocycles. The summed E-state index contributed by atoms with van der Waals surface area (Å²) >= 11 is 5.92. The van der Waals surface area contributed by atoms with Crippen molar-refractivity contribution in [1.82, 2.24) is 15.5 Å². The van der Waals surface area contributed by atoms with Gasteiger partial charge in [0, 0.05) is 36.0 Å². The highest BCUT2D eigenvalue weighted by atomic mass is 35.5. The summed E-state index contributed by atoms with van der Waals surface area (Å²) in [5, 5.41) is 15.1. The number of carboxylic acids is 1. The summed E-state index contributed by atoms with van der Waals surface area (Å²) in [7, 11) is 0. The van der Waals surface area contributed by atoms with Crippen LogP contribution in [0.3, 0.4) is 0 Å². The predicted octanol–water partition coefficient (Wildman–Crippen LogP) is 2.90. The molecule has 148 valence electrons. The number of aliphatic carboxylic acids is 1. The molecule has 27 heavy (non-hydrogen) atoms. The molecule has 2 fully saturated rings. The number of likely N-dealkylation sites (N-methyl/N-ethyl adjacent to an activating group) is 1. The molecule has 2 aliphatic rings. The van der Waals surface area contributed by atoms with E-state index in [0.717, 1.165) is 12.8 Å². The number of nitrogens with zero attached hydrogens (tertiary/aromatic N) is 1. The maximum Gasteiger partial charge on any atom is 0.317 e. The van der Waals surface area contributed by atoms with Gasteiger partial charge in [-0.25, -0.2) is 9.18 Å². The highest BCUT2D eigenvalue weighted by Crippen LogP contribution is 2.45. The first-order valence-corrected chi connectivity index (χ1v) is 9.64. The van der Waals surface area contributed by atoms with Gasteiger partial charge in [-0.15, -0.1) is 0 Å². The standard InChI is InChI=1S/C19H25ClFN3O3/c1-2-24(11-17(25)26)16-7-14(8-16)22-18(27)23-15-9-19(21,10-15)12-4-3-5-13(20)6-12/h3-6,14-16H,2,7-11H2,1H3,(H,25,26)(H2,22,23,27). The summed E-state index contributed by atoms with van der Waals surface area (Å²) in [6.07, 6.45) is 1.93. The largest absolute Gasteiger partial charge is 0.480 e. The van der Waals surface area contributed by atoms with E-state index in [1.807, 2.05) is 11.8 Å². The molecular weight excluding hydrogens is 373 g/mol. The molecule has 0 aliphatic heterocycles. The second-order valence-corrected chi connectivity index (χ2v) is 7.91. The lowest BCUT2D eigenvalue weighted by molar-refractivity contribution is -0.139. The fourth-order valence-corrected chi connectivity index (χ4v) is 4.11. The van der Waals surface area contributed by atoms with Crippen LogP contribution in [0.5, 0.6) is 0 Å². The van der Waals surface area contributed by atoms with Crippen LogP contribution in [0.1, 0.15) is 38.2 Å². The highest BCUT2D eigenvalue weighted by molar-refractivity contribution is 6.30. The zero-order valence-corrected chi connectivity index (χ0v) is 16.0. The predicted molar refractivity (Wildman–Crippen MR) is 101 cm³/mol. The number of alkyl halides is 1. The second kappa shape index (κ2) is 8.02. The average Bonchev–Trinajstić information content (AvgIpc) is 2.54. The van der Waals surface area contributed by atoms with Crippen LogP contribution in [-0.4, -0.2) is 53.2 Å². The molecular formula is C19H25ClFN3O3. The molecule has 2 amide bonds. The van der Waals surface area contributed by atoms with E-state index >= 15 is 0 Å². The van der Waals surface area contributed by atoms with Gasteiger partial charge in [0.2, 0.25) is 0 Å². The maximum absolute atomic E-state index is 14.9. The molecule has 0 saturated heterocycles. The average molecular weight is 398 g/mol. The van der Waals surface area contributed by atoms with E-state index in [0.29, 0.717) is 17.1 Å². The number of halogens is 2. The van der Waals surface area contributed by atoms with Crippen molar-refractivity contribution in [1.29, 1.82) is 0 Å². The van der Waals surface area contributed by atoms with Gasteiger partial charge >= 0.3 is 12.0 Å². The van der Waals surface area contributed by atoms with Gasteiger partial charge in [0.05, 0.1) is 6.54 Å². The van der Waals surface area contributed by atoms with Gasteiger partial charge in [-0.2, -0.15) is 0 Å². The van der Waals surface area contributed by atoms with Crippen molar-refractivity contribution in [3.05, 3.63) is 34.9 Å². The van der Waals surface area contributed by atoms with Gasteiger partial charge in [-0.05, 0) is 37.1 Å². The number of nitrogens with one attached hydrogen (secondary N) is 2. The Labute approximate surface area is 163 Å². The fraction of sp³-hybridized carbons (Fsp3) is 0.579. The number of urea groups is 1. The SMILES string of the molecule is CCN(CC(=O)O)C1CC(NC(=O)NC2CC(F)(c3cccc(Cl)c3)C2)C1. The van der Waals surface area contributed by atoms with E-state index in [1.165, 1.54) is 0 Å². The van der Waals surface area contributed by atoms with Crippen molar-refractivity contribution in [3.63, 3.8) is 0 Å². The van der Waals surface area contributed by atoms with Crippen molar-refractivity contribution in [2.45, 2.75) is 56.4 Å². The quantitative estimate of drug-likeness (QED) is 0.660. The number of hydrogen-bond donors (Lipinski definition) is 3. The fourth-order valence-electron chi connectivity index (χ4n) is 3.92. The molecule has 0 spiro atoms. The van der Waals surface area contributed by atoms with Crippen LogP contribution in [0.2, 0.25) is 5.02 Å². The number of carboxylic acid groups (broad SMARTS) is 1. The van der Waals surface area contributed by atoms with Crippen molar-refractivity contribution >= 4 is 23.6 Å². The number of benzene rings is 1. The van der Waals surface area contributed by atoms with Gasteiger partial charge in [-0.3, -0.25) is 9.69 Å². The summed E-state index contributed by atoms with van der Waals surface area (Å²) in [6.45, 7) is 2.61. The molecule has 1 aromatic rings. The Hall–Kier alpha value is -1.86. The normalized spacial score (nSPS) is 29.6. The number of hydrogen-bond acceptors (Lipinski definition) is 3. The first-order chi connectivity index (χ1) is 12.8. The Kier molecular flexibility index (Phi) is 5.91. The van der Waals surface area contributed by atoms with Crippen LogP contribution in [0.4, 0.5) is 9.18 Å². The number of carbonyl (C=O) groups is 2. The minimum Gasteiger partial charge on any atom is -0.480 e.